The van der Waals surface area contributed by atoms with Crippen LogP contribution in [0, 0.1) is 0 Å². The fourth-order valence-electron chi connectivity index (χ4n) is 4.06. The number of aromatic nitrogens is 2. The third kappa shape index (κ3) is 3.35. The molecule has 3 heterocycles. The van der Waals surface area contributed by atoms with Crippen LogP contribution in [0.15, 0.2) is 42.7 Å². The molecule has 0 spiro atoms. The third-order valence-electron chi connectivity index (χ3n) is 5.64. The molecule has 1 aliphatic carbocycles. The largest absolute Gasteiger partial charge is 0.497 e. The SMILES string of the molecule is COc1ccc2c(c1)CCc1cc(C(=O)N3CCN(c4ncccn4)CC3)sc1-2. The molecule has 1 fully saturated rings. The van der Waals surface area contributed by atoms with Gasteiger partial charge in [0.05, 0.1) is 12.0 Å². The molecule has 1 amide bonds. The van der Waals surface area contributed by atoms with E-state index in [0.29, 0.717) is 13.1 Å². The van der Waals surface area contributed by atoms with Gasteiger partial charge in [0.2, 0.25) is 5.95 Å². The van der Waals surface area contributed by atoms with Crippen LogP contribution in [-0.2, 0) is 12.8 Å². The number of aryl methyl sites for hydroxylation is 2. The van der Waals surface area contributed by atoms with Crippen molar-refractivity contribution in [1.29, 1.82) is 0 Å². The molecule has 2 aromatic heterocycles. The Morgan fingerprint density at radius 3 is 2.55 bits per heavy atom. The van der Waals surface area contributed by atoms with Crippen molar-refractivity contribution in [1.82, 2.24) is 14.9 Å². The number of ether oxygens (including phenoxy) is 1. The number of methoxy groups -OCH3 is 1. The standard InChI is InChI=1S/C22H22N4O2S/c1-28-17-5-6-18-15(13-17)3-4-16-14-19(29-20(16)18)21(27)25-9-11-26(12-10-25)22-23-7-2-8-24-22/h2,5-8,13-14H,3-4,9-12H2,1H3. The maximum absolute atomic E-state index is 13.1. The minimum absolute atomic E-state index is 0.132. The normalized spacial score (nSPS) is 15.6. The first-order valence-electron chi connectivity index (χ1n) is 9.84. The van der Waals surface area contributed by atoms with Crippen LogP contribution < -0.4 is 9.64 Å². The number of rotatable bonds is 3. The highest BCUT2D eigenvalue weighted by molar-refractivity contribution is 7.17. The predicted octanol–water partition coefficient (Wildman–Crippen LogP) is 3.27. The third-order valence-corrected chi connectivity index (χ3v) is 6.84. The van der Waals surface area contributed by atoms with Crippen molar-refractivity contribution in [2.45, 2.75) is 12.8 Å². The van der Waals surface area contributed by atoms with Gasteiger partial charge in [0, 0.05) is 43.4 Å². The maximum atomic E-state index is 13.1. The van der Waals surface area contributed by atoms with Crippen LogP contribution in [0.3, 0.4) is 0 Å². The van der Waals surface area contributed by atoms with Gasteiger partial charge in [0.15, 0.2) is 0 Å². The Hall–Kier alpha value is -2.93. The Balaban J connectivity index is 1.33. The molecule has 0 N–H and O–H groups in total. The molecule has 5 rings (SSSR count). The highest BCUT2D eigenvalue weighted by Gasteiger charge is 2.27. The molecular weight excluding hydrogens is 384 g/mol. The second-order valence-electron chi connectivity index (χ2n) is 7.32. The van der Waals surface area contributed by atoms with E-state index in [2.05, 4.69) is 33.1 Å². The molecule has 7 heteroatoms. The summed E-state index contributed by atoms with van der Waals surface area (Å²) >= 11 is 1.62. The van der Waals surface area contributed by atoms with Gasteiger partial charge in [-0.2, -0.15) is 0 Å². The van der Waals surface area contributed by atoms with Crippen LogP contribution in [-0.4, -0.2) is 54.1 Å². The number of anilines is 1. The summed E-state index contributed by atoms with van der Waals surface area (Å²) in [4.78, 5) is 27.9. The van der Waals surface area contributed by atoms with Crippen molar-refractivity contribution < 1.29 is 9.53 Å². The number of hydrogen-bond acceptors (Lipinski definition) is 6. The summed E-state index contributed by atoms with van der Waals surface area (Å²) in [7, 11) is 1.70. The van der Waals surface area contributed by atoms with Crippen molar-refractivity contribution >= 4 is 23.2 Å². The predicted molar refractivity (Wildman–Crippen MR) is 114 cm³/mol. The van der Waals surface area contributed by atoms with Crippen molar-refractivity contribution in [3.8, 4) is 16.2 Å². The monoisotopic (exact) mass is 406 g/mol. The summed E-state index contributed by atoms with van der Waals surface area (Å²) in [5, 5.41) is 0. The summed E-state index contributed by atoms with van der Waals surface area (Å²) in [6.45, 7) is 2.88. The average molecular weight is 407 g/mol. The molecule has 3 aromatic rings. The second kappa shape index (κ2) is 7.48. The van der Waals surface area contributed by atoms with E-state index < -0.39 is 0 Å². The Morgan fingerprint density at radius 2 is 1.79 bits per heavy atom. The van der Waals surface area contributed by atoms with Crippen LogP contribution in [0.5, 0.6) is 5.75 Å². The molecule has 148 valence electrons. The van der Waals surface area contributed by atoms with Gasteiger partial charge in [-0.15, -0.1) is 11.3 Å². The number of carbonyl (C=O) groups is 1. The van der Waals surface area contributed by atoms with E-state index in [0.717, 1.165) is 42.5 Å². The highest BCUT2D eigenvalue weighted by Crippen LogP contribution is 2.41. The van der Waals surface area contributed by atoms with E-state index in [9.17, 15) is 4.79 Å². The minimum Gasteiger partial charge on any atom is -0.497 e. The zero-order chi connectivity index (χ0) is 19.8. The lowest BCUT2D eigenvalue weighted by Crippen LogP contribution is -2.49. The van der Waals surface area contributed by atoms with Crippen molar-refractivity contribution in [2.75, 3.05) is 38.2 Å². The number of fused-ring (bicyclic) bond motifs is 3. The maximum Gasteiger partial charge on any atom is 0.264 e. The number of hydrogen-bond donors (Lipinski definition) is 0. The van der Waals surface area contributed by atoms with Gasteiger partial charge in [0.25, 0.3) is 5.91 Å². The number of benzene rings is 1. The number of amides is 1. The molecular formula is C22H22N4O2S. The van der Waals surface area contributed by atoms with E-state index in [4.69, 9.17) is 4.74 Å². The zero-order valence-electron chi connectivity index (χ0n) is 16.3. The van der Waals surface area contributed by atoms with Crippen molar-refractivity contribution in [2.24, 2.45) is 0 Å². The second-order valence-corrected chi connectivity index (χ2v) is 8.37. The number of thiophene rings is 1. The van der Waals surface area contributed by atoms with Gasteiger partial charge in [0.1, 0.15) is 5.75 Å². The van der Waals surface area contributed by atoms with E-state index in [1.54, 1.807) is 30.8 Å². The summed E-state index contributed by atoms with van der Waals surface area (Å²) in [6.07, 6.45) is 5.46. The Kier molecular flexibility index (Phi) is 4.67. The lowest BCUT2D eigenvalue weighted by molar-refractivity contribution is 0.0751. The molecule has 1 aromatic carbocycles. The first-order chi connectivity index (χ1) is 14.2. The van der Waals surface area contributed by atoms with Crippen LogP contribution >= 0.6 is 11.3 Å². The Labute approximate surface area is 173 Å². The first-order valence-corrected chi connectivity index (χ1v) is 10.7. The molecule has 0 atom stereocenters. The van der Waals surface area contributed by atoms with Gasteiger partial charge in [-0.1, -0.05) is 0 Å². The quantitative estimate of drug-likeness (QED) is 0.668. The number of nitrogens with zero attached hydrogens (tertiary/aromatic N) is 4. The van der Waals surface area contributed by atoms with E-state index in [-0.39, 0.29) is 5.91 Å². The zero-order valence-corrected chi connectivity index (χ0v) is 17.1. The summed E-state index contributed by atoms with van der Waals surface area (Å²) in [6, 6.07) is 10.2. The van der Waals surface area contributed by atoms with Crippen LogP contribution in [0.25, 0.3) is 10.4 Å². The van der Waals surface area contributed by atoms with E-state index >= 15 is 0 Å². The first kappa shape index (κ1) is 18.1. The van der Waals surface area contributed by atoms with E-state index in [1.165, 1.54) is 21.6 Å². The highest BCUT2D eigenvalue weighted by atomic mass is 32.1. The topological polar surface area (TPSA) is 58.6 Å². The molecule has 29 heavy (non-hydrogen) atoms. The fourth-order valence-corrected chi connectivity index (χ4v) is 5.30. The fraction of sp³-hybridized carbons (Fsp3) is 0.318. The van der Waals surface area contributed by atoms with Gasteiger partial charge in [-0.3, -0.25) is 4.79 Å². The van der Waals surface area contributed by atoms with Gasteiger partial charge < -0.3 is 14.5 Å². The molecule has 1 saturated heterocycles. The van der Waals surface area contributed by atoms with Crippen LogP contribution in [0.2, 0.25) is 0 Å². The molecule has 0 radical (unpaired) electrons. The van der Waals surface area contributed by atoms with Gasteiger partial charge in [-0.25, -0.2) is 9.97 Å². The Morgan fingerprint density at radius 1 is 1.03 bits per heavy atom. The van der Waals surface area contributed by atoms with Crippen molar-refractivity contribution in [3.63, 3.8) is 0 Å². The summed E-state index contributed by atoms with van der Waals surface area (Å²) in [5.74, 6) is 1.76. The lowest BCUT2D eigenvalue weighted by Gasteiger charge is -2.34. The molecule has 1 aliphatic heterocycles. The number of carbonyl (C=O) groups excluding carboxylic acids is 1. The molecule has 2 aliphatic rings. The van der Waals surface area contributed by atoms with Gasteiger partial charge in [-0.05, 0) is 59.9 Å². The molecule has 0 bridgehead atoms. The van der Waals surface area contributed by atoms with Crippen LogP contribution in [0.1, 0.15) is 20.8 Å². The summed E-state index contributed by atoms with van der Waals surface area (Å²) < 4.78 is 5.36. The van der Waals surface area contributed by atoms with Crippen molar-refractivity contribution in [3.05, 3.63) is 58.7 Å². The molecule has 0 unspecified atom stereocenters. The average Bonchev–Trinajstić information content (AvgIpc) is 3.23. The minimum atomic E-state index is 0.132. The molecule has 6 nitrogen and oxygen atoms in total. The summed E-state index contributed by atoms with van der Waals surface area (Å²) in [5.41, 5.74) is 3.82. The van der Waals surface area contributed by atoms with E-state index in [1.807, 2.05) is 17.0 Å². The Bertz CT molecular complexity index is 1040. The molecule has 0 saturated carbocycles. The van der Waals surface area contributed by atoms with Gasteiger partial charge >= 0.3 is 0 Å². The van der Waals surface area contributed by atoms with Crippen LogP contribution in [0.4, 0.5) is 5.95 Å². The lowest BCUT2D eigenvalue weighted by atomic mass is 9.91. The number of piperazine rings is 1. The smallest absolute Gasteiger partial charge is 0.264 e.